The molecule has 1 heterocycles. The molecule has 7 heteroatoms. The molecule has 18 heavy (non-hydrogen) atoms. The fourth-order valence-corrected chi connectivity index (χ4v) is 1.70. The maximum Gasteiger partial charge on any atom is 0.287 e. The summed E-state index contributed by atoms with van der Waals surface area (Å²) in [7, 11) is 1.61. The van der Waals surface area contributed by atoms with Gasteiger partial charge in [-0.05, 0) is 6.42 Å². The van der Waals surface area contributed by atoms with E-state index in [-0.39, 0.29) is 24.2 Å². The minimum Gasteiger partial charge on any atom is -0.394 e. The third-order valence-corrected chi connectivity index (χ3v) is 2.88. The number of aromatic nitrogens is 2. The minimum absolute atomic E-state index is 0.0717. The molecular formula is C11H18ClN3O3. The van der Waals surface area contributed by atoms with Crippen molar-refractivity contribution in [3.8, 4) is 0 Å². The Kier molecular flexibility index (Phi) is 6.11. The average molecular weight is 276 g/mol. The average Bonchev–Trinajstić information content (AvgIpc) is 2.37. The van der Waals surface area contributed by atoms with Gasteiger partial charge in [0, 0.05) is 13.2 Å². The SMILES string of the molecule is CCC(COC)Nc1cnn(CCO)c(=O)c1Cl. The molecule has 0 aliphatic carbocycles. The molecule has 0 aliphatic heterocycles. The van der Waals surface area contributed by atoms with Gasteiger partial charge in [0.25, 0.3) is 5.56 Å². The van der Waals surface area contributed by atoms with Crippen molar-refractivity contribution in [2.24, 2.45) is 0 Å². The molecule has 0 saturated heterocycles. The van der Waals surface area contributed by atoms with Gasteiger partial charge in [0.2, 0.25) is 0 Å². The van der Waals surface area contributed by atoms with Crippen molar-refractivity contribution in [1.82, 2.24) is 9.78 Å². The second kappa shape index (κ2) is 7.35. The number of methoxy groups -OCH3 is 1. The van der Waals surface area contributed by atoms with Crippen LogP contribution in [-0.2, 0) is 11.3 Å². The lowest BCUT2D eigenvalue weighted by atomic mass is 10.2. The maximum atomic E-state index is 11.8. The summed E-state index contributed by atoms with van der Waals surface area (Å²) >= 11 is 5.98. The standard InChI is InChI=1S/C11H18ClN3O3/c1-3-8(7-18-2)14-9-6-13-15(4-5-16)11(17)10(9)12/h6,8,14,16H,3-5,7H2,1-2H3. The van der Waals surface area contributed by atoms with Crippen LogP contribution in [0.3, 0.4) is 0 Å². The molecule has 0 aromatic carbocycles. The highest BCUT2D eigenvalue weighted by molar-refractivity contribution is 6.32. The Labute approximate surface area is 111 Å². The molecule has 0 spiro atoms. The highest BCUT2D eigenvalue weighted by Gasteiger charge is 2.12. The number of hydrogen-bond donors (Lipinski definition) is 2. The lowest BCUT2D eigenvalue weighted by Gasteiger charge is -2.18. The van der Waals surface area contributed by atoms with E-state index in [4.69, 9.17) is 21.4 Å². The van der Waals surface area contributed by atoms with Gasteiger partial charge in [-0.1, -0.05) is 18.5 Å². The van der Waals surface area contributed by atoms with Crippen molar-refractivity contribution in [3.05, 3.63) is 21.6 Å². The molecule has 6 nitrogen and oxygen atoms in total. The first-order valence-corrected chi connectivity index (χ1v) is 6.13. The molecule has 0 fully saturated rings. The summed E-state index contributed by atoms with van der Waals surface area (Å²) in [6, 6.07) is 0.0717. The Hall–Kier alpha value is -1.11. The lowest BCUT2D eigenvalue weighted by Crippen LogP contribution is -2.29. The number of aliphatic hydroxyl groups excluding tert-OH is 1. The van der Waals surface area contributed by atoms with E-state index in [0.29, 0.717) is 12.3 Å². The van der Waals surface area contributed by atoms with Crippen LogP contribution in [0.1, 0.15) is 13.3 Å². The molecule has 2 N–H and O–H groups in total. The molecular weight excluding hydrogens is 258 g/mol. The third-order valence-electron chi connectivity index (χ3n) is 2.52. The molecule has 0 aliphatic rings. The number of ether oxygens (including phenoxy) is 1. The van der Waals surface area contributed by atoms with Gasteiger partial charge in [-0.15, -0.1) is 0 Å². The Morgan fingerprint density at radius 2 is 2.39 bits per heavy atom. The molecule has 1 atom stereocenters. The number of anilines is 1. The normalized spacial score (nSPS) is 12.4. The maximum absolute atomic E-state index is 11.8. The summed E-state index contributed by atoms with van der Waals surface area (Å²) in [6.07, 6.45) is 2.32. The summed E-state index contributed by atoms with van der Waals surface area (Å²) in [5.74, 6) is 0. The van der Waals surface area contributed by atoms with Crippen molar-refractivity contribution < 1.29 is 9.84 Å². The van der Waals surface area contributed by atoms with Crippen LogP contribution in [0.2, 0.25) is 5.02 Å². The largest absolute Gasteiger partial charge is 0.394 e. The Bertz CT molecular complexity index is 436. The van der Waals surface area contributed by atoms with Crippen LogP contribution in [0.5, 0.6) is 0 Å². The van der Waals surface area contributed by atoms with Gasteiger partial charge in [-0.25, -0.2) is 4.68 Å². The molecule has 1 unspecified atom stereocenters. The summed E-state index contributed by atoms with van der Waals surface area (Å²) in [5.41, 5.74) is 0.0720. The lowest BCUT2D eigenvalue weighted by molar-refractivity contribution is 0.184. The number of rotatable bonds is 7. The van der Waals surface area contributed by atoms with Crippen LogP contribution in [0, 0.1) is 0 Å². The molecule has 1 aromatic rings. The molecule has 1 aromatic heterocycles. The highest BCUT2D eigenvalue weighted by Crippen LogP contribution is 2.17. The summed E-state index contributed by atoms with van der Waals surface area (Å²) < 4.78 is 6.19. The van der Waals surface area contributed by atoms with Gasteiger partial charge < -0.3 is 15.2 Å². The van der Waals surface area contributed by atoms with Crippen LogP contribution < -0.4 is 10.9 Å². The van der Waals surface area contributed by atoms with Crippen LogP contribution in [-0.4, -0.2) is 41.3 Å². The van der Waals surface area contributed by atoms with Crippen molar-refractivity contribution in [2.45, 2.75) is 25.9 Å². The number of hydrogen-bond acceptors (Lipinski definition) is 5. The molecule has 0 bridgehead atoms. The predicted molar refractivity (Wildman–Crippen MR) is 70.2 cm³/mol. The van der Waals surface area contributed by atoms with E-state index in [1.165, 1.54) is 6.20 Å². The second-order valence-corrected chi connectivity index (χ2v) is 4.21. The topological polar surface area (TPSA) is 76.4 Å². The van der Waals surface area contributed by atoms with Gasteiger partial charge in [-0.3, -0.25) is 4.79 Å². The van der Waals surface area contributed by atoms with Gasteiger partial charge in [-0.2, -0.15) is 5.10 Å². The van der Waals surface area contributed by atoms with E-state index in [1.807, 2.05) is 6.92 Å². The molecule has 0 radical (unpaired) electrons. The first kappa shape index (κ1) is 14.9. The van der Waals surface area contributed by atoms with E-state index in [9.17, 15) is 4.79 Å². The van der Waals surface area contributed by atoms with Gasteiger partial charge in [0.1, 0.15) is 5.02 Å². The molecule has 102 valence electrons. The summed E-state index contributed by atoms with van der Waals surface area (Å²) in [4.78, 5) is 11.8. The van der Waals surface area contributed by atoms with Crippen LogP contribution in [0.4, 0.5) is 5.69 Å². The van der Waals surface area contributed by atoms with Crippen LogP contribution >= 0.6 is 11.6 Å². The number of nitrogens with one attached hydrogen (secondary N) is 1. The van der Waals surface area contributed by atoms with Gasteiger partial charge in [0.05, 0.1) is 31.6 Å². The smallest absolute Gasteiger partial charge is 0.287 e. The van der Waals surface area contributed by atoms with Crippen LogP contribution in [0.25, 0.3) is 0 Å². The monoisotopic (exact) mass is 275 g/mol. The molecule has 1 rings (SSSR count). The predicted octanol–water partition coefficient (Wildman–Crippen LogP) is 0.726. The number of nitrogens with zero attached hydrogens (tertiary/aromatic N) is 2. The van der Waals surface area contributed by atoms with E-state index < -0.39 is 5.56 Å². The summed E-state index contributed by atoms with van der Waals surface area (Å²) in [6.45, 7) is 2.50. The molecule has 0 saturated carbocycles. The van der Waals surface area contributed by atoms with Gasteiger partial charge >= 0.3 is 0 Å². The zero-order chi connectivity index (χ0) is 13.5. The van der Waals surface area contributed by atoms with Crippen LogP contribution in [0.15, 0.2) is 11.0 Å². The second-order valence-electron chi connectivity index (χ2n) is 3.83. The molecule has 0 amide bonds. The first-order valence-electron chi connectivity index (χ1n) is 5.76. The third kappa shape index (κ3) is 3.69. The fraction of sp³-hybridized carbons (Fsp3) is 0.636. The van der Waals surface area contributed by atoms with E-state index in [2.05, 4.69) is 10.4 Å². The number of halogens is 1. The van der Waals surface area contributed by atoms with Crippen molar-refractivity contribution in [3.63, 3.8) is 0 Å². The summed E-state index contributed by atoms with van der Waals surface area (Å²) in [5, 5.41) is 15.9. The quantitative estimate of drug-likeness (QED) is 0.767. The fourth-order valence-electron chi connectivity index (χ4n) is 1.50. The van der Waals surface area contributed by atoms with Crippen molar-refractivity contribution >= 4 is 17.3 Å². The minimum atomic E-state index is -0.414. The van der Waals surface area contributed by atoms with Crippen molar-refractivity contribution in [1.29, 1.82) is 0 Å². The van der Waals surface area contributed by atoms with E-state index in [0.717, 1.165) is 11.1 Å². The Morgan fingerprint density at radius 3 is 2.94 bits per heavy atom. The Morgan fingerprint density at radius 1 is 1.67 bits per heavy atom. The number of aliphatic hydroxyl groups is 1. The zero-order valence-corrected chi connectivity index (χ0v) is 11.3. The van der Waals surface area contributed by atoms with Gasteiger partial charge in [0.15, 0.2) is 0 Å². The van der Waals surface area contributed by atoms with Crippen molar-refractivity contribution in [2.75, 3.05) is 25.6 Å². The first-order chi connectivity index (χ1) is 8.63. The highest BCUT2D eigenvalue weighted by atomic mass is 35.5. The zero-order valence-electron chi connectivity index (χ0n) is 10.5. The Balaban J connectivity index is 2.91. The van der Waals surface area contributed by atoms with E-state index in [1.54, 1.807) is 7.11 Å². The van der Waals surface area contributed by atoms with E-state index >= 15 is 0 Å².